The third kappa shape index (κ3) is 1.71. The largest absolute Gasteiger partial charge is 0.325 e. The molecule has 2 aliphatic carbocycles. The van der Waals surface area contributed by atoms with Crippen LogP contribution >= 0.6 is 0 Å². The molecule has 0 aromatic heterocycles. The van der Waals surface area contributed by atoms with Gasteiger partial charge in [0.2, 0.25) is 0 Å². The van der Waals surface area contributed by atoms with Crippen LogP contribution in [0.15, 0.2) is 0 Å². The quantitative estimate of drug-likeness (QED) is 0.671. The topological polar surface area (TPSA) is 26.0 Å². The van der Waals surface area contributed by atoms with Gasteiger partial charge in [0, 0.05) is 5.54 Å². The summed E-state index contributed by atoms with van der Waals surface area (Å²) in [5.41, 5.74) is 6.99. The summed E-state index contributed by atoms with van der Waals surface area (Å²) in [6, 6.07) is 0. The molecule has 0 unspecified atom stereocenters. The van der Waals surface area contributed by atoms with Crippen molar-refractivity contribution in [2.24, 2.45) is 17.1 Å². The maximum atomic E-state index is 6.41. The molecule has 2 aliphatic rings. The van der Waals surface area contributed by atoms with Gasteiger partial charge in [-0.3, -0.25) is 0 Å². The van der Waals surface area contributed by atoms with E-state index in [0.717, 1.165) is 5.92 Å². The van der Waals surface area contributed by atoms with E-state index < -0.39 is 0 Å². The van der Waals surface area contributed by atoms with Crippen molar-refractivity contribution < 1.29 is 0 Å². The van der Waals surface area contributed by atoms with Crippen LogP contribution in [0.2, 0.25) is 0 Å². The van der Waals surface area contributed by atoms with Gasteiger partial charge in [-0.1, -0.05) is 39.5 Å². The molecule has 2 N–H and O–H groups in total. The zero-order chi connectivity index (χ0) is 10.2. The van der Waals surface area contributed by atoms with E-state index in [9.17, 15) is 0 Å². The molecule has 0 spiro atoms. The Morgan fingerprint density at radius 3 is 1.93 bits per heavy atom. The van der Waals surface area contributed by atoms with E-state index in [2.05, 4.69) is 13.8 Å². The first-order valence-corrected chi connectivity index (χ1v) is 6.35. The summed E-state index contributed by atoms with van der Waals surface area (Å²) in [5.74, 6) is 0.887. The minimum Gasteiger partial charge on any atom is -0.325 e. The Morgan fingerprint density at radius 2 is 1.50 bits per heavy atom. The third-order valence-corrected chi connectivity index (χ3v) is 4.95. The fraction of sp³-hybridized carbons (Fsp3) is 1.00. The Balaban J connectivity index is 2.04. The smallest absolute Gasteiger partial charge is 0.0210 e. The number of hydrogen-bond acceptors (Lipinski definition) is 1. The normalized spacial score (nSPS) is 28.5. The van der Waals surface area contributed by atoms with E-state index in [-0.39, 0.29) is 5.54 Å². The molecule has 82 valence electrons. The van der Waals surface area contributed by atoms with Crippen LogP contribution in [0.3, 0.4) is 0 Å². The SMILES string of the molecule is CC(C)(C1CCCCCC1)C1(N)CC1. The summed E-state index contributed by atoms with van der Waals surface area (Å²) in [4.78, 5) is 0. The molecule has 0 aromatic carbocycles. The zero-order valence-electron chi connectivity index (χ0n) is 9.81. The standard InChI is InChI=1S/C13H25N/c1-12(2,13(14)9-10-13)11-7-5-3-4-6-8-11/h11H,3-10,14H2,1-2H3. The van der Waals surface area contributed by atoms with Gasteiger partial charge < -0.3 is 5.73 Å². The van der Waals surface area contributed by atoms with Gasteiger partial charge in [-0.15, -0.1) is 0 Å². The average Bonchev–Trinajstić information content (AvgIpc) is 2.89. The van der Waals surface area contributed by atoms with E-state index in [1.54, 1.807) is 0 Å². The molecule has 0 amide bonds. The molecular weight excluding hydrogens is 170 g/mol. The van der Waals surface area contributed by atoms with Crippen LogP contribution in [-0.2, 0) is 0 Å². The molecule has 14 heavy (non-hydrogen) atoms. The number of hydrogen-bond donors (Lipinski definition) is 1. The predicted molar refractivity (Wildman–Crippen MR) is 61.1 cm³/mol. The van der Waals surface area contributed by atoms with Crippen LogP contribution < -0.4 is 5.73 Å². The van der Waals surface area contributed by atoms with Crippen LogP contribution in [0.25, 0.3) is 0 Å². The van der Waals surface area contributed by atoms with Gasteiger partial charge in [0.25, 0.3) is 0 Å². The first-order valence-electron chi connectivity index (χ1n) is 6.35. The van der Waals surface area contributed by atoms with E-state index >= 15 is 0 Å². The Morgan fingerprint density at radius 1 is 1.00 bits per heavy atom. The molecule has 2 fully saturated rings. The highest BCUT2D eigenvalue weighted by Crippen LogP contribution is 2.54. The van der Waals surface area contributed by atoms with Crippen LogP contribution in [0, 0.1) is 11.3 Å². The summed E-state index contributed by atoms with van der Waals surface area (Å²) < 4.78 is 0. The van der Waals surface area contributed by atoms with Crippen molar-refractivity contribution in [1.82, 2.24) is 0 Å². The van der Waals surface area contributed by atoms with Crippen molar-refractivity contribution in [2.45, 2.75) is 70.8 Å². The predicted octanol–water partition coefficient (Wildman–Crippen LogP) is 3.47. The van der Waals surface area contributed by atoms with Gasteiger partial charge in [-0.05, 0) is 37.0 Å². The van der Waals surface area contributed by atoms with Crippen LogP contribution in [-0.4, -0.2) is 5.54 Å². The second-order valence-corrected chi connectivity index (χ2v) is 6.07. The zero-order valence-corrected chi connectivity index (χ0v) is 9.81. The summed E-state index contributed by atoms with van der Waals surface area (Å²) in [6.07, 6.45) is 11.1. The Bertz CT molecular complexity index is 195. The summed E-state index contributed by atoms with van der Waals surface area (Å²) >= 11 is 0. The van der Waals surface area contributed by atoms with E-state index in [4.69, 9.17) is 5.73 Å². The fourth-order valence-electron chi connectivity index (χ4n) is 3.19. The maximum absolute atomic E-state index is 6.41. The van der Waals surface area contributed by atoms with E-state index in [0.29, 0.717) is 5.41 Å². The van der Waals surface area contributed by atoms with Crippen LogP contribution in [0.4, 0.5) is 0 Å². The Labute approximate surface area is 88.4 Å². The van der Waals surface area contributed by atoms with Gasteiger partial charge in [-0.25, -0.2) is 0 Å². The molecule has 0 radical (unpaired) electrons. The molecule has 0 atom stereocenters. The van der Waals surface area contributed by atoms with Crippen molar-refractivity contribution in [3.63, 3.8) is 0 Å². The first-order chi connectivity index (χ1) is 6.56. The molecular formula is C13H25N. The van der Waals surface area contributed by atoms with Crippen molar-refractivity contribution >= 4 is 0 Å². The molecule has 2 rings (SSSR count). The van der Waals surface area contributed by atoms with Crippen LogP contribution in [0.5, 0.6) is 0 Å². The second kappa shape index (κ2) is 3.52. The van der Waals surface area contributed by atoms with Crippen molar-refractivity contribution in [2.75, 3.05) is 0 Å². The lowest BCUT2D eigenvalue weighted by molar-refractivity contribution is 0.134. The van der Waals surface area contributed by atoms with Gasteiger partial charge >= 0.3 is 0 Å². The number of nitrogens with two attached hydrogens (primary N) is 1. The molecule has 0 aromatic rings. The molecule has 0 bridgehead atoms. The lowest BCUT2D eigenvalue weighted by Crippen LogP contribution is -2.45. The fourth-order valence-corrected chi connectivity index (χ4v) is 3.19. The highest BCUT2D eigenvalue weighted by atomic mass is 14.9. The lowest BCUT2D eigenvalue weighted by atomic mass is 9.68. The van der Waals surface area contributed by atoms with E-state index in [1.807, 2.05) is 0 Å². The molecule has 1 nitrogen and oxygen atoms in total. The Kier molecular flexibility index (Phi) is 2.63. The van der Waals surface area contributed by atoms with Crippen molar-refractivity contribution in [1.29, 1.82) is 0 Å². The molecule has 1 heteroatoms. The highest BCUT2D eigenvalue weighted by molar-refractivity contribution is 5.10. The number of rotatable bonds is 2. The van der Waals surface area contributed by atoms with Crippen molar-refractivity contribution in [3.05, 3.63) is 0 Å². The summed E-state index contributed by atoms with van der Waals surface area (Å²) in [7, 11) is 0. The average molecular weight is 195 g/mol. The third-order valence-electron chi connectivity index (χ3n) is 4.95. The monoisotopic (exact) mass is 195 g/mol. The minimum atomic E-state index is 0.196. The van der Waals surface area contributed by atoms with E-state index in [1.165, 1.54) is 51.4 Å². The van der Waals surface area contributed by atoms with Gasteiger partial charge in [-0.2, -0.15) is 0 Å². The Hall–Kier alpha value is -0.0400. The molecule has 0 heterocycles. The second-order valence-electron chi connectivity index (χ2n) is 6.07. The molecule has 0 aliphatic heterocycles. The van der Waals surface area contributed by atoms with Crippen molar-refractivity contribution in [3.8, 4) is 0 Å². The summed E-state index contributed by atoms with van der Waals surface area (Å²) in [6.45, 7) is 4.83. The summed E-state index contributed by atoms with van der Waals surface area (Å²) in [5, 5.41) is 0. The molecule has 0 saturated heterocycles. The van der Waals surface area contributed by atoms with Crippen LogP contribution in [0.1, 0.15) is 65.2 Å². The van der Waals surface area contributed by atoms with Gasteiger partial charge in [0.1, 0.15) is 0 Å². The highest BCUT2D eigenvalue weighted by Gasteiger charge is 2.53. The first kappa shape index (κ1) is 10.5. The molecule has 2 saturated carbocycles. The lowest BCUT2D eigenvalue weighted by Gasteiger charge is -2.39. The minimum absolute atomic E-state index is 0.196. The maximum Gasteiger partial charge on any atom is 0.0210 e. The van der Waals surface area contributed by atoms with Gasteiger partial charge in [0.05, 0.1) is 0 Å². The van der Waals surface area contributed by atoms with Gasteiger partial charge in [0.15, 0.2) is 0 Å².